The van der Waals surface area contributed by atoms with Crippen LogP contribution in [0, 0.1) is 0 Å². The minimum atomic E-state index is -0.431. The van der Waals surface area contributed by atoms with Crippen molar-refractivity contribution in [2.45, 2.75) is 37.8 Å². The van der Waals surface area contributed by atoms with E-state index in [1.807, 2.05) is 12.1 Å². The zero-order chi connectivity index (χ0) is 18.6. The number of para-hydroxylation sites is 1. The second-order valence-corrected chi connectivity index (χ2v) is 7.07. The number of rotatable bonds is 4. The van der Waals surface area contributed by atoms with Crippen LogP contribution in [0.25, 0.3) is 0 Å². The lowest BCUT2D eigenvalue weighted by Gasteiger charge is -2.41. The van der Waals surface area contributed by atoms with Gasteiger partial charge in [-0.3, -0.25) is 10.1 Å². The van der Waals surface area contributed by atoms with E-state index in [2.05, 4.69) is 44.5 Å². The molecule has 0 spiro atoms. The number of nitrogens with zero attached hydrogens (tertiary/aromatic N) is 4. The maximum absolute atomic E-state index is 12.4. The number of ether oxygens (including phenoxy) is 1. The number of piperidine rings is 1. The molecule has 0 aliphatic carbocycles. The first kappa shape index (κ1) is 17.9. The van der Waals surface area contributed by atoms with Crippen LogP contribution in [0.1, 0.15) is 31.0 Å². The molecule has 2 fully saturated rings. The van der Waals surface area contributed by atoms with Crippen LogP contribution < -0.4 is 10.2 Å². The standard InChI is InChI=1S/C20H25N5O2/c1-24-19(26)13-18(17-7-10-21-14-22-17)23-20(24)27-16-8-11-25(12-9-16)15-5-3-2-4-6-15/h2-7,10,14,16,18,20,23H,8-9,11-13H2,1H3. The molecule has 2 atom stereocenters. The Morgan fingerprint density at radius 1 is 1.15 bits per heavy atom. The lowest BCUT2D eigenvalue weighted by molar-refractivity contribution is -0.167. The molecule has 7 heteroatoms. The normalized spacial score (nSPS) is 24.3. The highest BCUT2D eigenvalue weighted by Crippen LogP contribution is 2.26. The van der Waals surface area contributed by atoms with Crippen molar-refractivity contribution in [2.75, 3.05) is 25.0 Å². The molecule has 2 aliphatic rings. The molecule has 0 bridgehead atoms. The Morgan fingerprint density at radius 3 is 2.63 bits per heavy atom. The minimum absolute atomic E-state index is 0.0593. The Balaban J connectivity index is 1.36. The number of anilines is 1. The molecule has 1 N–H and O–H groups in total. The zero-order valence-corrected chi connectivity index (χ0v) is 15.5. The largest absolute Gasteiger partial charge is 0.371 e. The smallest absolute Gasteiger partial charge is 0.227 e. The molecule has 0 radical (unpaired) electrons. The first-order valence-electron chi connectivity index (χ1n) is 9.44. The van der Waals surface area contributed by atoms with Gasteiger partial charge in [0.2, 0.25) is 5.91 Å². The van der Waals surface area contributed by atoms with Gasteiger partial charge in [0.15, 0.2) is 6.35 Å². The molecule has 27 heavy (non-hydrogen) atoms. The van der Waals surface area contributed by atoms with E-state index in [1.54, 1.807) is 18.1 Å². The summed E-state index contributed by atoms with van der Waals surface area (Å²) in [6.07, 6.45) is 5.15. The maximum Gasteiger partial charge on any atom is 0.227 e. The van der Waals surface area contributed by atoms with Crippen LogP contribution in [-0.4, -0.2) is 53.4 Å². The molecule has 1 aromatic heterocycles. The van der Waals surface area contributed by atoms with Crippen molar-refractivity contribution in [3.63, 3.8) is 0 Å². The van der Waals surface area contributed by atoms with E-state index in [9.17, 15) is 4.79 Å². The van der Waals surface area contributed by atoms with Crippen molar-refractivity contribution in [1.82, 2.24) is 20.2 Å². The SMILES string of the molecule is CN1C(=O)CC(c2ccncn2)NC1OC1CCN(c2ccccc2)CC1. The predicted molar refractivity (Wildman–Crippen MR) is 102 cm³/mol. The highest BCUT2D eigenvalue weighted by molar-refractivity contribution is 5.77. The fourth-order valence-electron chi connectivity index (χ4n) is 3.69. The van der Waals surface area contributed by atoms with Crippen LogP contribution >= 0.6 is 0 Å². The second kappa shape index (κ2) is 8.02. The van der Waals surface area contributed by atoms with E-state index < -0.39 is 6.35 Å². The summed E-state index contributed by atoms with van der Waals surface area (Å²) in [5, 5.41) is 3.42. The summed E-state index contributed by atoms with van der Waals surface area (Å²) in [6.45, 7) is 1.91. The number of carbonyl (C=O) groups is 1. The summed E-state index contributed by atoms with van der Waals surface area (Å²) in [5.41, 5.74) is 2.07. The fourth-order valence-corrected chi connectivity index (χ4v) is 3.69. The number of aromatic nitrogens is 2. The van der Waals surface area contributed by atoms with Crippen LogP contribution in [0.15, 0.2) is 48.9 Å². The maximum atomic E-state index is 12.4. The summed E-state index contributed by atoms with van der Waals surface area (Å²) >= 11 is 0. The van der Waals surface area contributed by atoms with E-state index in [1.165, 1.54) is 12.0 Å². The van der Waals surface area contributed by atoms with E-state index in [4.69, 9.17) is 4.74 Å². The van der Waals surface area contributed by atoms with Gasteiger partial charge >= 0.3 is 0 Å². The summed E-state index contributed by atoms with van der Waals surface area (Å²) < 4.78 is 6.27. The van der Waals surface area contributed by atoms with Gasteiger partial charge in [-0.05, 0) is 31.0 Å². The van der Waals surface area contributed by atoms with Gasteiger partial charge in [-0.15, -0.1) is 0 Å². The summed E-state index contributed by atoms with van der Waals surface area (Å²) in [4.78, 5) is 24.7. The number of hydrogen-bond acceptors (Lipinski definition) is 6. The van der Waals surface area contributed by atoms with Gasteiger partial charge in [-0.25, -0.2) is 9.97 Å². The second-order valence-electron chi connectivity index (χ2n) is 7.07. The molecule has 2 saturated heterocycles. The summed E-state index contributed by atoms with van der Waals surface area (Å²) in [6, 6.07) is 12.1. The van der Waals surface area contributed by atoms with Crippen molar-refractivity contribution in [1.29, 1.82) is 0 Å². The molecular weight excluding hydrogens is 342 g/mol. The highest BCUT2D eigenvalue weighted by Gasteiger charge is 2.35. The molecule has 3 heterocycles. The zero-order valence-electron chi connectivity index (χ0n) is 15.5. The third-order valence-corrected chi connectivity index (χ3v) is 5.31. The lowest BCUT2D eigenvalue weighted by Crippen LogP contribution is -2.56. The quantitative estimate of drug-likeness (QED) is 0.891. The van der Waals surface area contributed by atoms with Gasteiger partial charge in [0, 0.05) is 38.4 Å². The van der Waals surface area contributed by atoms with E-state index in [-0.39, 0.29) is 18.1 Å². The first-order valence-corrected chi connectivity index (χ1v) is 9.44. The van der Waals surface area contributed by atoms with Gasteiger partial charge in [-0.2, -0.15) is 0 Å². The fraction of sp³-hybridized carbons (Fsp3) is 0.450. The van der Waals surface area contributed by atoms with Crippen LogP contribution in [0.5, 0.6) is 0 Å². The number of amides is 1. The Labute approximate surface area is 159 Å². The number of hydrogen-bond donors (Lipinski definition) is 1. The molecule has 2 aliphatic heterocycles. The van der Waals surface area contributed by atoms with Crippen molar-refractivity contribution >= 4 is 11.6 Å². The predicted octanol–water partition coefficient (Wildman–Crippen LogP) is 1.94. The van der Waals surface area contributed by atoms with Gasteiger partial charge in [0.25, 0.3) is 0 Å². The molecule has 2 aromatic rings. The molecule has 4 rings (SSSR count). The first-order chi connectivity index (χ1) is 13.2. The number of nitrogens with one attached hydrogen (secondary N) is 1. The van der Waals surface area contributed by atoms with Crippen molar-refractivity contribution in [3.8, 4) is 0 Å². The molecule has 7 nitrogen and oxygen atoms in total. The van der Waals surface area contributed by atoms with Crippen molar-refractivity contribution in [3.05, 3.63) is 54.6 Å². The number of carbonyl (C=O) groups excluding carboxylic acids is 1. The van der Waals surface area contributed by atoms with Gasteiger partial charge < -0.3 is 14.5 Å². The van der Waals surface area contributed by atoms with Crippen LogP contribution in [0.3, 0.4) is 0 Å². The number of benzene rings is 1. The Bertz CT molecular complexity index is 749. The Morgan fingerprint density at radius 2 is 1.93 bits per heavy atom. The summed E-state index contributed by atoms with van der Waals surface area (Å²) in [7, 11) is 1.79. The third kappa shape index (κ3) is 4.09. The third-order valence-electron chi connectivity index (χ3n) is 5.31. The average Bonchev–Trinajstić information content (AvgIpc) is 2.73. The lowest BCUT2D eigenvalue weighted by atomic mass is 10.1. The van der Waals surface area contributed by atoms with Crippen LogP contribution in [-0.2, 0) is 9.53 Å². The monoisotopic (exact) mass is 367 g/mol. The van der Waals surface area contributed by atoms with Gasteiger partial charge in [0.1, 0.15) is 6.33 Å². The molecule has 1 aromatic carbocycles. The van der Waals surface area contributed by atoms with Gasteiger partial charge in [0.05, 0.1) is 17.8 Å². The molecular formula is C20H25N5O2. The molecule has 2 unspecified atom stereocenters. The minimum Gasteiger partial charge on any atom is -0.371 e. The van der Waals surface area contributed by atoms with E-state index in [0.29, 0.717) is 6.42 Å². The average molecular weight is 367 g/mol. The van der Waals surface area contributed by atoms with Crippen LogP contribution in [0.2, 0.25) is 0 Å². The summed E-state index contributed by atoms with van der Waals surface area (Å²) in [5.74, 6) is 0.0593. The van der Waals surface area contributed by atoms with E-state index >= 15 is 0 Å². The highest BCUT2D eigenvalue weighted by atomic mass is 16.5. The topological polar surface area (TPSA) is 70.6 Å². The van der Waals surface area contributed by atoms with Gasteiger partial charge in [-0.1, -0.05) is 18.2 Å². The van der Waals surface area contributed by atoms with Crippen molar-refractivity contribution in [2.24, 2.45) is 0 Å². The van der Waals surface area contributed by atoms with E-state index in [0.717, 1.165) is 31.6 Å². The molecule has 142 valence electrons. The Hall–Kier alpha value is -2.51. The molecule has 0 saturated carbocycles. The Kier molecular flexibility index (Phi) is 5.31. The van der Waals surface area contributed by atoms with Crippen molar-refractivity contribution < 1.29 is 9.53 Å². The molecule has 1 amide bonds. The van der Waals surface area contributed by atoms with Crippen LogP contribution in [0.4, 0.5) is 5.69 Å².